The minimum atomic E-state index is 0.0810. The Hall–Kier alpha value is -2.21. The van der Waals surface area contributed by atoms with Crippen molar-refractivity contribution in [2.45, 2.75) is 18.9 Å². The van der Waals surface area contributed by atoms with Crippen molar-refractivity contribution in [2.75, 3.05) is 26.1 Å². The number of aromatic amines is 1. The van der Waals surface area contributed by atoms with Gasteiger partial charge < -0.3 is 19.9 Å². The highest BCUT2D eigenvalue weighted by atomic mass is 16.5. The van der Waals surface area contributed by atoms with Crippen molar-refractivity contribution in [3.8, 4) is 22.6 Å². The number of nitrogens with one attached hydrogen (secondary N) is 1. The Morgan fingerprint density at radius 3 is 2.95 bits per heavy atom. The van der Waals surface area contributed by atoms with Gasteiger partial charge in [-0.3, -0.25) is 5.10 Å². The fourth-order valence-corrected chi connectivity index (χ4v) is 2.44. The Morgan fingerprint density at radius 1 is 1.38 bits per heavy atom. The first-order valence-corrected chi connectivity index (χ1v) is 6.99. The molecule has 3 N–H and O–H groups in total. The van der Waals surface area contributed by atoms with Gasteiger partial charge in [0.1, 0.15) is 11.9 Å². The molecule has 6 nitrogen and oxygen atoms in total. The second-order valence-corrected chi connectivity index (χ2v) is 5.02. The van der Waals surface area contributed by atoms with Crippen LogP contribution in [0.5, 0.6) is 11.5 Å². The maximum atomic E-state index is 5.98. The Kier molecular flexibility index (Phi) is 3.96. The maximum absolute atomic E-state index is 5.98. The first kappa shape index (κ1) is 13.8. The van der Waals surface area contributed by atoms with Crippen LogP contribution < -0.4 is 15.2 Å². The van der Waals surface area contributed by atoms with E-state index in [0.717, 1.165) is 36.3 Å². The predicted molar refractivity (Wildman–Crippen MR) is 79.5 cm³/mol. The number of nitrogen functional groups attached to an aromatic ring is 1. The summed E-state index contributed by atoms with van der Waals surface area (Å²) in [4.78, 5) is 0. The molecule has 1 aliphatic heterocycles. The lowest BCUT2D eigenvalue weighted by atomic mass is 10.1. The maximum Gasteiger partial charge on any atom is 0.161 e. The quantitative estimate of drug-likeness (QED) is 0.902. The molecule has 21 heavy (non-hydrogen) atoms. The smallest absolute Gasteiger partial charge is 0.161 e. The highest BCUT2D eigenvalue weighted by Gasteiger charge is 2.18. The molecule has 2 heterocycles. The highest BCUT2D eigenvalue weighted by molar-refractivity contribution is 5.75. The van der Waals surface area contributed by atoms with Gasteiger partial charge in [-0.05, 0) is 30.5 Å². The van der Waals surface area contributed by atoms with E-state index in [-0.39, 0.29) is 6.10 Å². The summed E-state index contributed by atoms with van der Waals surface area (Å²) in [6.07, 6.45) is 3.80. The van der Waals surface area contributed by atoms with Crippen LogP contribution in [0.4, 0.5) is 5.82 Å². The lowest BCUT2D eigenvalue weighted by Crippen LogP contribution is -2.28. The third-order valence-electron chi connectivity index (χ3n) is 3.56. The number of ether oxygens (including phenoxy) is 3. The molecular formula is C15H19N3O3. The molecule has 1 atom stereocenters. The number of methoxy groups -OCH3 is 1. The van der Waals surface area contributed by atoms with E-state index in [4.69, 9.17) is 19.9 Å². The third-order valence-corrected chi connectivity index (χ3v) is 3.56. The average molecular weight is 289 g/mol. The van der Waals surface area contributed by atoms with Gasteiger partial charge in [0.2, 0.25) is 0 Å². The molecule has 1 aromatic heterocycles. The van der Waals surface area contributed by atoms with Crippen LogP contribution in [0, 0.1) is 0 Å². The molecule has 2 aromatic rings. The zero-order chi connectivity index (χ0) is 14.7. The van der Waals surface area contributed by atoms with E-state index in [9.17, 15) is 0 Å². The van der Waals surface area contributed by atoms with E-state index in [1.54, 1.807) is 13.3 Å². The molecule has 6 heteroatoms. The van der Waals surface area contributed by atoms with Crippen LogP contribution in [0.3, 0.4) is 0 Å². The molecule has 0 spiro atoms. The SMILES string of the molecule is COc1cc(-c2cn[nH]c2N)ccc1OC1CCCOC1. The second-order valence-electron chi connectivity index (χ2n) is 5.02. The van der Waals surface area contributed by atoms with E-state index < -0.39 is 0 Å². The molecule has 1 aliphatic rings. The minimum Gasteiger partial charge on any atom is -0.493 e. The van der Waals surface area contributed by atoms with Crippen molar-refractivity contribution in [3.63, 3.8) is 0 Å². The number of H-pyrrole nitrogens is 1. The number of benzene rings is 1. The normalized spacial score (nSPS) is 18.4. The second kappa shape index (κ2) is 6.05. The summed E-state index contributed by atoms with van der Waals surface area (Å²) >= 11 is 0. The Bertz CT molecular complexity index is 606. The summed E-state index contributed by atoms with van der Waals surface area (Å²) in [5, 5.41) is 6.66. The number of anilines is 1. The zero-order valence-electron chi connectivity index (χ0n) is 12.0. The largest absolute Gasteiger partial charge is 0.493 e. The molecule has 0 aliphatic carbocycles. The molecule has 0 radical (unpaired) electrons. The molecule has 0 bridgehead atoms. The third kappa shape index (κ3) is 2.95. The van der Waals surface area contributed by atoms with E-state index in [1.807, 2.05) is 18.2 Å². The summed E-state index contributed by atoms with van der Waals surface area (Å²) in [6, 6.07) is 5.75. The Morgan fingerprint density at radius 2 is 2.29 bits per heavy atom. The predicted octanol–water partition coefficient (Wildman–Crippen LogP) is 2.23. The van der Waals surface area contributed by atoms with Gasteiger partial charge in [-0.25, -0.2) is 0 Å². The van der Waals surface area contributed by atoms with Gasteiger partial charge in [0.15, 0.2) is 11.5 Å². The lowest BCUT2D eigenvalue weighted by molar-refractivity contribution is 0.00645. The van der Waals surface area contributed by atoms with Crippen molar-refractivity contribution in [1.29, 1.82) is 0 Å². The molecule has 3 rings (SSSR count). The zero-order valence-corrected chi connectivity index (χ0v) is 12.0. The number of nitrogens with two attached hydrogens (primary N) is 1. The van der Waals surface area contributed by atoms with E-state index in [2.05, 4.69) is 10.2 Å². The van der Waals surface area contributed by atoms with Gasteiger partial charge in [0.05, 0.1) is 19.9 Å². The molecule has 0 amide bonds. The first-order chi connectivity index (χ1) is 10.3. The van der Waals surface area contributed by atoms with Crippen LogP contribution in [0.1, 0.15) is 12.8 Å². The number of hydrogen-bond acceptors (Lipinski definition) is 5. The topological polar surface area (TPSA) is 82.4 Å². The molecule has 0 saturated carbocycles. The average Bonchev–Trinajstić information content (AvgIpc) is 2.95. The molecule has 1 aromatic carbocycles. The number of rotatable bonds is 4. The van der Waals surface area contributed by atoms with Crippen molar-refractivity contribution >= 4 is 5.82 Å². The summed E-state index contributed by atoms with van der Waals surface area (Å²) in [5.41, 5.74) is 7.63. The summed E-state index contributed by atoms with van der Waals surface area (Å²) in [7, 11) is 1.63. The van der Waals surface area contributed by atoms with Gasteiger partial charge in [-0.15, -0.1) is 0 Å². The Balaban J connectivity index is 1.83. The highest BCUT2D eigenvalue weighted by Crippen LogP contribution is 2.35. The van der Waals surface area contributed by atoms with Gasteiger partial charge in [0, 0.05) is 12.2 Å². The van der Waals surface area contributed by atoms with Crippen molar-refractivity contribution < 1.29 is 14.2 Å². The lowest BCUT2D eigenvalue weighted by Gasteiger charge is -2.24. The number of aromatic nitrogens is 2. The number of hydrogen-bond donors (Lipinski definition) is 2. The minimum absolute atomic E-state index is 0.0810. The first-order valence-electron chi connectivity index (χ1n) is 6.99. The van der Waals surface area contributed by atoms with E-state index in [0.29, 0.717) is 18.2 Å². The summed E-state index contributed by atoms with van der Waals surface area (Å²) in [5.74, 6) is 1.93. The fourth-order valence-electron chi connectivity index (χ4n) is 2.44. The molecule has 112 valence electrons. The Labute approximate surface area is 123 Å². The van der Waals surface area contributed by atoms with Crippen LogP contribution in [0.15, 0.2) is 24.4 Å². The summed E-state index contributed by atoms with van der Waals surface area (Å²) in [6.45, 7) is 1.44. The van der Waals surface area contributed by atoms with Gasteiger partial charge in [-0.2, -0.15) is 5.10 Å². The monoisotopic (exact) mass is 289 g/mol. The molecule has 1 saturated heterocycles. The molecule has 1 unspecified atom stereocenters. The summed E-state index contributed by atoms with van der Waals surface area (Å²) < 4.78 is 16.8. The van der Waals surface area contributed by atoms with E-state index in [1.165, 1.54) is 0 Å². The molecule has 1 fully saturated rings. The van der Waals surface area contributed by atoms with Crippen LogP contribution in [0.2, 0.25) is 0 Å². The van der Waals surface area contributed by atoms with E-state index >= 15 is 0 Å². The van der Waals surface area contributed by atoms with Crippen molar-refractivity contribution in [2.24, 2.45) is 0 Å². The fraction of sp³-hybridized carbons (Fsp3) is 0.400. The van der Waals surface area contributed by atoms with Crippen LogP contribution >= 0.6 is 0 Å². The van der Waals surface area contributed by atoms with Crippen LogP contribution in [0.25, 0.3) is 11.1 Å². The van der Waals surface area contributed by atoms with Gasteiger partial charge >= 0.3 is 0 Å². The standard InChI is InChI=1S/C15H19N3O3/c1-19-14-7-10(12-8-17-18-15(12)16)4-5-13(14)21-11-3-2-6-20-9-11/h4-5,7-8,11H,2-3,6,9H2,1H3,(H3,16,17,18). The van der Waals surface area contributed by atoms with Gasteiger partial charge in [0.25, 0.3) is 0 Å². The molecular weight excluding hydrogens is 270 g/mol. The number of nitrogens with zero attached hydrogens (tertiary/aromatic N) is 1. The van der Waals surface area contributed by atoms with Crippen LogP contribution in [-0.4, -0.2) is 36.6 Å². The van der Waals surface area contributed by atoms with Crippen molar-refractivity contribution in [3.05, 3.63) is 24.4 Å². The van der Waals surface area contributed by atoms with Gasteiger partial charge in [-0.1, -0.05) is 6.07 Å². The van der Waals surface area contributed by atoms with Crippen LogP contribution in [-0.2, 0) is 4.74 Å². The van der Waals surface area contributed by atoms with Crippen molar-refractivity contribution in [1.82, 2.24) is 10.2 Å².